The number of aliphatic hydroxyl groups excluding tert-OH is 3. The molecule has 13 atom stereocenters. The van der Waals surface area contributed by atoms with Crippen molar-refractivity contribution in [1.29, 1.82) is 0 Å². The Labute approximate surface area is 373 Å². The van der Waals surface area contributed by atoms with E-state index in [0.717, 1.165) is 30.4 Å². The van der Waals surface area contributed by atoms with Crippen molar-refractivity contribution in [1.82, 2.24) is 0 Å². The Morgan fingerprint density at radius 1 is 0.906 bits per heavy atom. The molecule has 0 spiro atoms. The molecule has 3 heterocycles. The predicted octanol–water partition coefficient (Wildman–Crippen LogP) is 5.98. The summed E-state index contributed by atoms with van der Waals surface area (Å²) >= 11 is 0. The number of allylic oxidation sites excluding steroid dienone is 2. The largest absolute Gasteiger partial charge is 0.508 e. The van der Waals surface area contributed by atoms with Gasteiger partial charge in [-0.1, -0.05) is 67.2 Å². The van der Waals surface area contributed by atoms with Crippen molar-refractivity contribution >= 4 is 23.4 Å². The molecule has 12 bridgehead atoms. The van der Waals surface area contributed by atoms with Crippen molar-refractivity contribution in [3.63, 3.8) is 0 Å². The third kappa shape index (κ3) is 7.76. The number of phenolic OH excluding ortho intramolecular Hbond substituents is 1. The van der Waals surface area contributed by atoms with E-state index in [-0.39, 0.29) is 104 Å². The maximum Gasteiger partial charge on any atom is 0.334 e. The first-order chi connectivity index (χ1) is 30.9. The van der Waals surface area contributed by atoms with E-state index in [2.05, 4.69) is 29.3 Å². The Balaban J connectivity index is 1.19. The molecule has 0 unspecified atom stereocenters. The van der Waals surface area contributed by atoms with Gasteiger partial charge in [-0.25, -0.2) is 4.79 Å². The van der Waals surface area contributed by atoms with Gasteiger partial charge in [0.15, 0.2) is 0 Å². The summed E-state index contributed by atoms with van der Waals surface area (Å²) in [5.41, 5.74) is 3.20. The first-order valence-corrected chi connectivity index (χ1v) is 23.2. The molecule has 3 aromatic rings. The molecule has 0 amide bonds. The number of aliphatic hydroxyl groups is 4. The normalized spacial score (nSPS) is 35.2. The molecular weight excluding hydrogens is 811 g/mol. The lowest BCUT2D eigenvalue weighted by atomic mass is 9.41. The summed E-state index contributed by atoms with van der Waals surface area (Å²) in [4.78, 5) is 42.9. The molecule has 3 saturated carbocycles. The van der Waals surface area contributed by atoms with Crippen molar-refractivity contribution in [2.24, 2.45) is 41.4 Å². The third-order valence-corrected chi connectivity index (χ3v) is 15.6. The van der Waals surface area contributed by atoms with Crippen LogP contribution < -0.4 is 10.1 Å². The molecule has 0 aromatic heterocycles. The number of ether oxygens (including phenoxy) is 2. The smallest absolute Gasteiger partial charge is 0.334 e. The van der Waals surface area contributed by atoms with Crippen LogP contribution in [0.25, 0.3) is 0 Å². The van der Waals surface area contributed by atoms with E-state index >= 15 is 4.79 Å². The SMILES string of the molecule is C[C@H](O)CNc1cc(CO)cc([C@@H]2C#C[C@H]3CC(=O)Oc4cc(O)c(cc43)C[C@H]3OC(=O)/C(=C\[C@@H](O)Cc4cccc(c4)C[C@@H]4C(=O)C[C@H]5C=C[C@@H]6[C@H]7CCCC[C@@H]7[C@]3(O)[C@H]5[C@@H]64)C2)c1. The van der Waals surface area contributed by atoms with Crippen molar-refractivity contribution in [2.75, 3.05) is 11.9 Å². The molecule has 0 radical (unpaired) electrons. The van der Waals surface area contributed by atoms with Crippen LogP contribution in [0.3, 0.4) is 0 Å². The number of carbonyl (C=O) groups excluding carboxylic acids is 3. The molecule has 3 aliphatic heterocycles. The first kappa shape index (κ1) is 42.7. The number of esters is 2. The molecule has 11 nitrogen and oxygen atoms in total. The van der Waals surface area contributed by atoms with E-state index in [1.54, 1.807) is 19.1 Å². The van der Waals surface area contributed by atoms with Crippen LogP contribution in [-0.4, -0.2) is 73.7 Å². The minimum atomic E-state index is -1.62. The Bertz CT molecular complexity index is 2500. The van der Waals surface area contributed by atoms with Crippen LogP contribution in [0.15, 0.2) is 78.4 Å². The van der Waals surface area contributed by atoms with E-state index in [4.69, 9.17) is 9.47 Å². The van der Waals surface area contributed by atoms with E-state index in [1.807, 2.05) is 36.4 Å². The molecule has 3 fully saturated rings. The van der Waals surface area contributed by atoms with Crippen molar-refractivity contribution in [3.05, 3.63) is 112 Å². The summed E-state index contributed by atoms with van der Waals surface area (Å²) in [5.74, 6) is 2.83. The van der Waals surface area contributed by atoms with Gasteiger partial charge in [-0.15, -0.1) is 0 Å². The Kier molecular flexibility index (Phi) is 11.3. The predicted molar refractivity (Wildman–Crippen MR) is 237 cm³/mol. The number of nitrogens with one attached hydrogen (secondary N) is 1. The number of aromatic hydroxyl groups is 1. The fraction of sp³-hybridized carbons (Fsp3) is 0.491. The number of anilines is 1. The van der Waals surface area contributed by atoms with Crippen LogP contribution in [0.1, 0.15) is 97.1 Å². The summed E-state index contributed by atoms with van der Waals surface area (Å²) in [5, 5.41) is 61.5. The third-order valence-electron chi connectivity index (χ3n) is 15.6. The van der Waals surface area contributed by atoms with Gasteiger partial charge < -0.3 is 40.3 Å². The average Bonchev–Trinajstić information content (AvgIpc) is 3.27. The van der Waals surface area contributed by atoms with Crippen molar-refractivity contribution in [3.8, 4) is 23.3 Å². The van der Waals surface area contributed by atoms with Crippen LogP contribution in [0.2, 0.25) is 0 Å². The first-order valence-electron chi connectivity index (χ1n) is 23.2. The number of phenols is 1. The van der Waals surface area contributed by atoms with E-state index < -0.39 is 53.6 Å². The molecule has 0 saturated heterocycles. The number of fused-ring (bicyclic) bond motifs is 10. The fourth-order valence-electron chi connectivity index (χ4n) is 13.0. The molecule has 4 aliphatic carbocycles. The number of rotatable bonds is 5. The van der Waals surface area contributed by atoms with Crippen molar-refractivity contribution < 1.29 is 49.4 Å². The minimum absolute atomic E-state index is 0.0295. The van der Waals surface area contributed by atoms with Gasteiger partial charge in [0, 0.05) is 66.5 Å². The molecule has 6 N–H and O–H groups in total. The van der Waals surface area contributed by atoms with Gasteiger partial charge in [0.05, 0.1) is 31.2 Å². The van der Waals surface area contributed by atoms with Gasteiger partial charge in [-0.05, 0) is 114 Å². The number of carbonyl (C=O) groups is 3. The monoisotopic (exact) mass is 867 g/mol. The highest BCUT2D eigenvalue weighted by Gasteiger charge is 2.67. The van der Waals surface area contributed by atoms with Crippen LogP contribution in [0.5, 0.6) is 11.5 Å². The zero-order valence-corrected chi connectivity index (χ0v) is 36.1. The minimum Gasteiger partial charge on any atom is -0.508 e. The highest BCUT2D eigenvalue weighted by molar-refractivity contribution is 5.89. The summed E-state index contributed by atoms with van der Waals surface area (Å²) in [7, 11) is 0. The van der Waals surface area contributed by atoms with Crippen LogP contribution in [-0.2, 0) is 45.0 Å². The lowest BCUT2D eigenvalue weighted by Gasteiger charge is -2.65. The highest BCUT2D eigenvalue weighted by atomic mass is 16.6. The van der Waals surface area contributed by atoms with Gasteiger partial charge in [-0.3, -0.25) is 9.59 Å². The lowest BCUT2D eigenvalue weighted by molar-refractivity contribution is -0.247. The number of Topliss-reactive ketones (excluding diaryl/α,β-unsaturated/α-hetero) is 1. The summed E-state index contributed by atoms with van der Waals surface area (Å²) in [6, 6.07) is 16.6. The molecule has 334 valence electrons. The van der Waals surface area contributed by atoms with E-state index in [1.165, 1.54) is 12.1 Å². The maximum absolute atomic E-state index is 15.4. The summed E-state index contributed by atoms with van der Waals surface area (Å²) in [6.45, 7) is 1.62. The number of hydrogen-bond donors (Lipinski definition) is 6. The molecule has 7 aliphatic rings. The maximum atomic E-state index is 15.4. The van der Waals surface area contributed by atoms with E-state index in [9.17, 15) is 35.1 Å². The standard InChI is InChI=1S/C53H57NO10/c1-28(56)26-54-38-15-31(27-55)14-35(19-38)32-9-10-33-24-49(60)63-47-25-45(58)36(21-42(33)47)23-48-53(62)44-8-3-2-7-40(44)41-12-11-34-22-46(59)43(50(41)51(34)53)17-30-6-4-5-29(13-30)16-39(57)20-37(18-32)52(61)64-48/h4-6,11-15,19-21,25,28,32-34,39-41,43-44,48,50-51,54-58,62H,2-3,7-8,16-18,22-24,26-27H2,1H3/b37-20-/t28-,32+,33-,34+,39-,40+,41+,43+,44-,48+,50-,51+,53+/m0/s1. The fourth-order valence-corrected chi connectivity index (χ4v) is 13.0. The Morgan fingerprint density at radius 2 is 1.70 bits per heavy atom. The molecular formula is C53H57NO10. The average molecular weight is 868 g/mol. The Morgan fingerprint density at radius 3 is 2.52 bits per heavy atom. The number of ketones is 1. The number of hydrogen-bond acceptors (Lipinski definition) is 11. The second kappa shape index (κ2) is 17.0. The van der Waals surface area contributed by atoms with Gasteiger partial charge >= 0.3 is 11.9 Å². The quantitative estimate of drug-likeness (QED) is 0.0769. The second-order valence-corrected chi connectivity index (χ2v) is 19.7. The topological polar surface area (TPSA) is 183 Å². The second-order valence-electron chi connectivity index (χ2n) is 19.7. The van der Waals surface area contributed by atoms with E-state index in [0.29, 0.717) is 40.8 Å². The lowest BCUT2D eigenvalue weighted by Crippen LogP contribution is -2.70. The molecule has 10 rings (SSSR count). The summed E-state index contributed by atoms with van der Waals surface area (Å²) < 4.78 is 12.5. The zero-order chi connectivity index (χ0) is 44.4. The van der Waals surface area contributed by atoms with Gasteiger partial charge in [0.2, 0.25) is 0 Å². The molecule has 11 heteroatoms. The van der Waals surface area contributed by atoms with Crippen LogP contribution >= 0.6 is 0 Å². The van der Waals surface area contributed by atoms with Crippen LogP contribution in [0.4, 0.5) is 5.69 Å². The molecule has 3 aromatic carbocycles. The van der Waals surface area contributed by atoms with Crippen molar-refractivity contribution in [2.45, 2.75) is 113 Å². The van der Waals surface area contributed by atoms with Gasteiger partial charge in [-0.2, -0.15) is 0 Å². The summed E-state index contributed by atoms with van der Waals surface area (Å²) in [6.07, 6.45) is 7.24. The zero-order valence-electron chi connectivity index (χ0n) is 36.1. The van der Waals surface area contributed by atoms with Gasteiger partial charge in [0.25, 0.3) is 0 Å². The van der Waals surface area contributed by atoms with Gasteiger partial charge in [0.1, 0.15) is 29.0 Å². The Hall–Kier alpha value is -5.25. The highest BCUT2D eigenvalue weighted by Crippen LogP contribution is 2.64. The number of benzene rings is 3. The molecule has 64 heavy (non-hydrogen) atoms. The van der Waals surface area contributed by atoms with Crippen LogP contribution in [0, 0.1) is 53.3 Å².